The molecule has 3 N–H and O–H groups in total. The Morgan fingerprint density at radius 2 is 1.80 bits per heavy atom. The Morgan fingerprint density at radius 3 is 2.52 bits per heavy atom. The summed E-state index contributed by atoms with van der Waals surface area (Å²) in [6.07, 6.45) is 0.640. The summed E-state index contributed by atoms with van der Waals surface area (Å²) >= 11 is 0. The number of nitrogens with zero attached hydrogens (tertiary/aromatic N) is 2. The van der Waals surface area contributed by atoms with Crippen LogP contribution in [-0.4, -0.2) is 81.3 Å². The highest BCUT2D eigenvalue weighted by Crippen LogP contribution is 2.33. The lowest BCUT2D eigenvalue weighted by atomic mass is 10.0. The van der Waals surface area contributed by atoms with Gasteiger partial charge in [0.05, 0.1) is 23.4 Å². The molecule has 14 heteroatoms. The van der Waals surface area contributed by atoms with Gasteiger partial charge in [-0.1, -0.05) is 64.6 Å². The van der Waals surface area contributed by atoms with Crippen LogP contribution in [0.15, 0.2) is 60.8 Å². The number of ether oxygens (including phenoxy) is 1. The Kier molecular flexibility index (Phi) is 11.4. The molecule has 12 nitrogen and oxygen atoms in total. The SMILES string of the molecule is C=C1CCC(N2C(=O)c3cccc(NC(=O)OCCCSSCCC(=O)N(CC(=O)O)Cc4ccccc4)c3C2=O)C(=O)N1. The highest BCUT2D eigenvalue weighted by atomic mass is 33.1. The first-order valence-electron chi connectivity index (χ1n) is 13.9. The van der Waals surface area contributed by atoms with Crippen molar-refractivity contribution in [3.05, 3.63) is 77.5 Å². The molecule has 0 aliphatic carbocycles. The Morgan fingerprint density at radius 1 is 1.05 bits per heavy atom. The average molecular weight is 641 g/mol. The molecule has 0 bridgehead atoms. The van der Waals surface area contributed by atoms with Gasteiger partial charge in [-0.25, -0.2) is 4.79 Å². The van der Waals surface area contributed by atoms with Crippen molar-refractivity contribution in [2.75, 3.05) is 30.0 Å². The number of hydrogen-bond donors (Lipinski definition) is 3. The molecule has 2 aromatic rings. The maximum Gasteiger partial charge on any atom is 0.411 e. The van der Waals surface area contributed by atoms with Gasteiger partial charge >= 0.3 is 12.1 Å². The summed E-state index contributed by atoms with van der Waals surface area (Å²) in [5.41, 5.74) is 1.61. The van der Waals surface area contributed by atoms with Crippen molar-refractivity contribution in [1.82, 2.24) is 15.1 Å². The molecule has 0 radical (unpaired) electrons. The number of anilines is 1. The highest BCUT2D eigenvalue weighted by Gasteiger charge is 2.45. The number of benzene rings is 2. The van der Waals surface area contributed by atoms with Crippen molar-refractivity contribution >= 4 is 63.0 Å². The second kappa shape index (κ2) is 15.4. The van der Waals surface area contributed by atoms with Crippen molar-refractivity contribution in [3.63, 3.8) is 0 Å². The zero-order chi connectivity index (χ0) is 31.6. The minimum atomic E-state index is -1.07. The predicted octanol–water partition coefficient (Wildman–Crippen LogP) is 3.90. The summed E-state index contributed by atoms with van der Waals surface area (Å²) in [6, 6.07) is 12.7. The second-order valence-electron chi connectivity index (χ2n) is 9.99. The van der Waals surface area contributed by atoms with Gasteiger partial charge in [-0.2, -0.15) is 0 Å². The lowest BCUT2D eigenvalue weighted by Gasteiger charge is -2.29. The molecule has 1 unspecified atom stereocenters. The molecule has 2 aliphatic rings. The molecule has 0 spiro atoms. The van der Waals surface area contributed by atoms with Crippen molar-refractivity contribution in [1.29, 1.82) is 0 Å². The fourth-order valence-corrected chi connectivity index (χ4v) is 6.77. The van der Waals surface area contributed by atoms with Gasteiger partial charge in [-0.3, -0.25) is 34.2 Å². The Hall–Kier alpha value is -4.30. The Bertz CT molecular complexity index is 1450. The minimum absolute atomic E-state index is 0.0128. The van der Waals surface area contributed by atoms with Crippen molar-refractivity contribution in [2.45, 2.75) is 38.3 Å². The van der Waals surface area contributed by atoms with Crippen molar-refractivity contribution in [2.24, 2.45) is 0 Å². The molecule has 2 heterocycles. The first-order chi connectivity index (χ1) is 21.2. The van der Waals surface area contributed by atoms with Crippen LogP contribution in [0.4, 0.5) is 10.5 Å². The van der Waals surface area contributed by atoms with E-state index in [1.54, 1.807) is 0 Å². The summed E-state index contributed by atoms with van der Waals surface area (Å²) < 4.78 is 5.24. The number of nitrogens with one attached hydrogen (secondary N) is 2. The smallest absolute Gasteiger partial charge is 0.411 e. The van der Waals surface area contributed by atoms with E-state index in [1.807, 2.05) is 30.3 Å². The summed E-state index contributed by atoms with van der Waals surface area (Å²) in [5, 5.41) is 14.3. The molecule has 1 fully saturated rings. The van der Waals surface area contributed by atoms with Gasteiger partial charge in [0.2, 0.25) is 11.8 Å². The molecule has 0 aromatic heterocycles. The van der Waals surface area contributed by atoms with Gasteiger partial charge in [-0.05, 0) is 37.0 Å². The zero-order valence-corrected chi connectivity index (χ0v) is 25.4. The highest BCUT2D eigenvalue weighted by molar-refractivity contribution is 8.76. The second-order valence-corrected chi connectivity index (χ2v) is 12.7. The monoisotopic (exact) mass is 640 g/mol. The van der Waals surface area contributed by atoms with Crippen LogP contribution in [0.1, 0.15) is 52.0 Å². The molecule has 2 aromatic carbocycles. The average Bonchev–Trinajstić information content (AvgIpc) is 3.24. The van der Waals surface area contributed by atoms with Crippen molar-refractivity contribution in [3.8, 4) is 0 Å². The van der Waals surface area contributed by atoms with E-state index < -0.39 is 35.8 Å². The van der Waals surface area contributed by atoms with Gasteiger partial charge < -0.3 is 20.1 Å². The summed E-state index contributed by atoms with van der Waals surface area (Å²) in [5.74, 6) is -1.92. The Balaban J connectivity index is 1.16. The number of imide groups is 1. The molecule has 2 aliphatic heterocycles. The third kappa shape index (κ3) is 8.41. The molecule has 44 heavy (non-hydrogen) atoms. The largest absolute Gasteiger partial charge is 0.480 e. The molecule has 1 atom stereocenters. The first-order valence-corrected chi connectivity index (χ1v) is 16.4. The first kappa shape index (κ1) is 32.6. The van der Waals surface area contributed by atoms with Gasteiger partial charge in [0.25, 0.3) is 11.8 Å². The van der Waals surface area contributed by atoms with Crippen LogP contribution in [-0.2, 0) is 25.7 Å². The van der Waals surface area contributed by atoms with Crippen LogP contribution in [0.25, 0.3) is 0 Å². The number of carbonyl (C=O) groups is 6. The number of carboxylic acids is 1. The minimum Gasteiger partial charge on any atom is -0.480 e. The van der Waals surface area contributed by atoms with Gasteiger partial charge in [0.15, 0.2) is 0 Å². The number of carbonyl (C=O) groups excluding carboxylic acids is 5. The molecular formula is C30H32N4O8S2. The van der Waals surface area contributed by atoms with E-state index in [4.69, 9.17) is 4.74 Å². The summed E-state index contributed by atoms with van der Waals surface area (Å²) in [6.45, 7) is 3.68. The number of rotatable bonds is 14. The fraction of sp³-hybridized carbons (Fsp3) is 0.333. The lowest BCUT2D eigenvalue weighted by Crippen LogP contribution is -2.51. The van der Waals surface area contributed by atoms with Crippen LogP contribution >= 0.6 is 21.6 Å². The predicted molar refractivity (Wildman–Crippen MR) is 166 cm³/mol. The quantitative estimate of drug-likeness (QED) is 0.157. The van der Waals surface area contributed by atoms with Crippen LogP contribution in [0.2, 0.25) is 0 Å². The van der Waals surface area contributed by atoms with Crippen molar-refractivity contribution < 1.29 is 38.6 Å². The number of carboxylic acid groups (broad SMARTS) is 1. The number of hydrogen-bond acceptors (Lipinski definition) is 9. The molecule has 0 saturated carbocycles. The van der Waals surface area contributed by atoms with Crippen LogP contribution in [0, 0.1) is 0 Å². The van der Waals surface area contributed by atoms with Crippen LogP contribution in [0.3, 0.4) is 0 Å². The topological polar surface area (TPSA) is 162 Å². The van der Waals surface area contributed by atoms with E-state index >= 15 is 0 Å². The van der Waals surface area contributed by atoms with E-state index in [0.29, 0.717) is 30.0 Å². The van der Waals surface area contributed by atoms with Gasteiger partial charge in [-0.15, -0.1) is 0 Å². The van der Waals surface area contributed by atoms with E-state index in [0.717, 1.165) is 10.5 Å². The van der Waals surface area contributed by atoms with Gasteiger partial charge in [0.1, 0.15) is 12.6 Å². The van der Waals surface area contributed by atoms with E-state index in [9.17, 15) is 33.9 Å². The van der Waals surface area contributed by atoms with E-state index in [1.165, 1.54) is 44.7 Å². The number of piperidine rings is 1. The third-order valence-corrected chi connectivity index (χ3v) is 9.29. The number of amides is 5. The lowest BCUT2D eigenvalue weighted by molar-refractivity contribution is -0.144. The maximum absolute atomic E-state index is 13.2. The normalized spacial score (nSPS) is 15.9. The van der Waals surface area contributed by atoms with Gasteiger partial charge in [0, 0.05) is 30.2 Å². The molecular weight excluding hydrogens is 608 g/mol. The standard InChI is InChI=1S/C30H32N4O8S2/c1-19-11-12-23(27(38)31-19)34-28(39)21-9-5-10-22(26(21)29(34)40)32-30(41)42-14-6-15-43-44-16-13-24(35)33(18-25(36)37)17-20-7-3-2-4-8-20/h2-5,7-10,23H,1,6,11-18H2,(H,31,38)(H,32,41)(H,36,37). The van der Waals surface area contributed by atoms with Crippen LogP contribution in [0.5, 0.6) is 0 Å². The molecule has 1 saturated heterocycles. The Labute approximate surface area is 261 Å². The number of aliphatic carboxylic acids is 1. The molecule has 5 amide bonds. The maximum atomic E-state index is 13.2. The fourth-order valence-electron chi connectivity index (χ4n) is 4.73. The van der Waals surface area contributed by atoms with E-state index in [2.05, 4.69) is 17.2 Å². The zero-order valence-electron chi connectivity index (χ0n) is 23.8. The molecule has 4 rings (SSSR count). The summed E-state index contributed by atoms with van der Waals surface area (Å²) in [7, 11) is 2.97. The third-order valence-electron chi connectivity index (χ3n) is 6.80. The number of fused-ring (bicyclic) bond motifs is 1. The molecule has 232 valence electrons. The van der Waals surface area contributed by atoms with E-state index in [-0.39, 0.29) is 55.3 Å². The summed E-state index contributed by atoms with van der Waals surface area (Å²) in [4.78, 5) is 77.1. The van der Waals surface area contributed by atoms with Crippen LogP contribution < -0.4 is 10.6 Å². The number of allylic oxidation sites excluding steroid dienone is 1.